The van der Waals surface area contributed by atoms with Crippen LogP contribution in [0.3, 0.4) is 0 Å². The van der Waals surface area contributed by atoms with E-state index in [1.165, 1.54) is 22.3 Å². The summed E-state index contributed by atoms with van der Waals surface area (Å²) in [6, 6.07) is 6.45. The second-order valence-electron chi connectivity index (χ2n) is 4.50. The third kappa shape index (κ3) is 3.54. The van der Waals surface area contributed by atoms with Crippen LogP contribution in [0.4, 0.5) is 9.18 Å². The summed E-state index contributed by atoms with van der Waals surface area (Å²) in [5.41, 5.74) is 1.37. The van der Waals surface area contributed by atoms with Crippen molar-refractivity contribution in [1.29, 1.82) is 0 Å². The molecule has 0 bridgehead atoms. The number of hydrogen-bond acceptors (Lipinski definition) is 3. The van der Waals surface area contributed by atoms with Crippen LogP contribution >= 0.6 is 11.3 Å². The molecule has 0 aliphatic carbocycles. The second-order valence-corrected chi connectivity index (χ2v) is 5.36. The Morgan fingerprint density at radius 2 is 2.15 bits per heavy atom. The Morgan fingerprint density at radius 3 is 2.85 bits per heavy atom. The van der Waals surface area contributed by atoms with Gasteiger partial charge in [0.2, 0.25) is 0 Å². The highest BCUT2D eigenvalue weighted by Crippen LogP contribution is 2.26. The molecule has 1 aromatic carbocycles. The number of thiazole rings is 1. The van der Waals surface area contributed by atoms with Crippen LogP contribution in [0.25, 0.3) is 10.6 Å². The average Bonchev–Trinajstić information content (AvgIpc) is 2.87. The van der Waals surface area contributed by atoms with Crippen LogP contribution in [-0.4, -0.2) is 36.6 Å². The largest absolute Gasteiger partial charge is 0.338 e. The summed E-state index contributed by atoms with van der Waals surface area (Å²) in [6.07, 6.45) is 0.629. The summed E-state index contributed by atoms with van der Waals surface area (Å²) in [6.45, 7) is 0.511. The lowest BCUT2D eigenvalue weighted by Gasteiger charge is -2.10. The molecular weight excluding hydrogens is 277 g/mol. The molecule has 2 amide bonds. The first-order chi connectivity index (χ1) is 9.58. The van der Waals surface area contributed by atoms with Crippen molar-refractivity contribution in [1.82, 2.24) is 15.2 Å². The highest BCUT2D eigenvalue weighted by atomic mass is 32.1. The van der Waals surface area contributed by atoms with E-state index in [-0.39, 0.29) is 11.8 Å². The van der Waals surface area contributed by atoms with Gasteiger partial charge in [-0.1, -0.05) is 12.1 Å². The Balaban J connectivity index is 1.96. The van der Waals surface area contributed by atoms with E-state index < -0.39 is 0 Å². The van der Waals surface area contributed by atoms with Crippen LogP contribution in [-0.2, 0) is 6.42 Å². The van der Waals surface area contributed by atoms with Gasteiger partial charge in [-0.3, -0.25) is 0 Å². The summed E-state index contributed by atoms with van der Waals surface area (Å²) in [4.78, 5) is 17.2. The minimum Gasteiger partial charge on any atom is -0.338 e. The van der Waals surface area contributed by atoms with Crippen LogP contribution < -0.4 is 5.32 Å². The van der Waals surface area contributed by atoms with Gasteiger partial charge in [-0.15, -0.1) is 11.3 Å². The molecular formula is C14H16FN3OS. The van der Waals surface area contributed by atoms with E-state index in [2.05, 4.69) is 10.3 Å². The maximum absolute atomic E-state index is 13.6. The number of carbonyl (C=O) groups excluding carboxylic acids is 1. The van der Waals surface area contributed by atoms with Crippen LogP contribution in [0.1, 0.15) is 5.69 Å². The standard InChI is InChI=1S/C14H16FN3OS/c1-18(2)14(19)16-8-7-10-9-20-13(17-10)11-5-3-4-6-12(11)15/h3-6,9H,7-8H2,1-2H3,(H,16,19). The van der Waals surface area contributed by atoms with Gasteiger partial charge in [0, 0.05) is 38.0 Å². The minimum absolute atomic E-state index is 0.130. The number of nitrogens with one attached hydrogen (secondary N) is 1. The molecule has 1 heterocycles. The zero-order chi connectivity index (χ0) is 14.5. The molecule has 20 heavy (non-hydrogen) atoms. The molecule has 0 spiro atoms. The first-order valence-electron chi connectivity index (χ1n) is 6.22. The zero-order valence-electron chi connectivity index (χ0n) is 11.4. The fraction of sp³-hybridized carbons (Fsp3) is 0.286. The monoisotopic (exact) mass is 293 g/mol. The van der Waals surface area contributed by atoms with E-state index in [1.54, 1.807) is 32.3 Å². The topological polar surface area (TPSA) is 45.2 Å². The predicted molar refractivity (Wildman–Crippen MR) is 78.3 cm³/mol. The molecule has 0 aliphatic rings. The molecule has 4 nitrogen and oxygen atoms in total. The molecule has 0 saturated carbocycles. The predicted octanol–water partition coefficient (Wildman–Crippen LogP) is 2.76. The quantitative estimate of drug-likeness (QED) is 0.942. The molecule has 2 rings (SSSR count). The fourth-order valence-electron chi connectivity index (χ4n) is 1.64. The normalized spacial score (nSPS) is 10.3. The van der Waals surface area contributed by atoms with E-state index in [0.29, 0.717) is 23.5 Å². The first kappa shape index (κ1) is 14.5. The van der Waals surface area contributed by atoms with Gasteiger partial charge in [0.05, 0.1) is 5.69 Å². The smallest absolute Gasteiger partial charge is 0.316 e. The Bertz CT molecular complexity index is 598. The molecule has 0 fully saturated rings. The molecule has 0 radical (unpaired) electrons. The molecule has 0 atom stereocenters. The molecule has 1 aromatic heterocycles. The van der Waals surface area contributed by atoms with Gasteiger partial charge >= 0.3 is 6.03 Å². The van der Waals surface area contributed by atoms with Crippen LogP contribution in [0.2, 0.25) is 0 Å². The number of nitrogens with zero attached hydrogens (tertiary/aromatic N) is 2. The Morgan fingerprint density at radius 1 is 1.40 bits per heavy atom. The lowest BCUT2D eigenvalue weighted by molar-refractivity contribution is 0.217. The summed E-state index contributed by atoms with van der Waals surface area (Å²) in [7, 11) is 3.38. The lowest BCUT2D eigenvalue weighted by Crippen LogP contribution is -2.35. The molecule has 106 valence electrons. The maximum atomic E-state index is 13.6. The van der Waals surface area contributed by atoms with Gasteiger partial charge in [0.1, 0.15) is 10.8 Å². The number of urea groups is 1. The third-order valence-electron chi connectivity index (χ3n) is 2.72. The number of benzene rings is 1. The van der Waals surface area contributed by atoms with Gasteiger partial charge in [-0.05, 0) is 12.1 Å². The molecule has 0 unspecified atom stereocenters. The molecule has 2 aromatic rings. The van der Waals surface area contributed by atoms with E-state index in [9.17, 15) is 9.18 Å². The highest BCUT2D eigenvalue weighted by Gasteiger charge is 2.09. The summed E-state index contributed by atoms with van der Waals surface area (Å²) in [5, 5.41) is 5.32. The zero-order valence-corrected chi connectivity index (χ0v) is 12.2. The van der Waals surface area contributed by atoms with Crippen LogP contribution in [0.5, 0.6) is 0 Å². The van der Waals surface area contributed by atoms with Crippen LogP contribution in [0.15, 0.2) is 29.6 Å². The number of halogens is 1. The van der Waals surface area contributed by atoms with Crippen molar-refractivity contribution in [2.24, 2.45) is 0 Å². The maximum Gasteiger partial charge on any atom is 0.316 e. The SMILES string of the molecule is CN(C)C(=O)NCCc1csc(-c2ccccc2F)n1. The molecule has 0 aliphatic heterocycles. The van der Waals surface area contributed by atoms with Crippen molar-refractivity contribution in [3.05, 3.63) is 41.2 Å². The number of hydrogen-bond donors (Lipinski definition) is 1. The summed E-state index contributed by atoms with van der Waals surface area (Å²) in [5.74, 6) is -0.269. The lowest BCUT2D eigenvalue weighted by atomic mass is 10.2. The molecule has 0 saturated heterocycles. The van der Waals surface area contributed by atoms with Crippen molar-refractivity contribution in [2.45, 2.75) is 6.42 Å². The number of rotatable bonds is 4. The Kier molecular flexibility index (Phi) is 4.68. The van der Waals surface area contributed by atoms with Gasteiger partial charge in [0.15, 0.2) is 0 Å². The van der Waals surface area contributed by atoms with E-state index in [4.69, 9.17) is 0 Å². The summed E-state index contributed by atoms with van der Waals surface area (Å²) >= 11 is 1.41. The van der Waals surface area contributed by atoms with Crippen molar-refractivity contribution in [3.8, 4) is 10.6 Å². The van der Waals surface area contributed by atoms with Crippen molar-refractivity contribution < 1.29 is 9.18 Å². The average molecular weight is 293 g/mol. The van der Waals surface area contributed by atoms with Gasteiger partial charge in [-0.25, -0.2) is 14.2 Å². The van der Waals surface area contributed by atoms with Gasteiger partial charge < -0.3 is 10.2 Å². The first-order valence-corrected chi connectivity index (χ1v) is 7.10. The minimum atomic E-state index is -0.269. The number of aromatic nitrogens is 1. The number of carbonyl (C=O) groups is 1. The Labute approximate surface area is 121 Å². The van der Waals surface area contributed by atoms with Crippen molar-refractivity contribution >= 4 is 17.4 Å². The third-order valence-corrected chi connectivity index (χ3v) is 3.64. The second kappa shape index (κ2) is 6.47. The van der Waals surface area contributed by atoms with Gasteiger partial charge in [0.25, 0.3) is 0 Å². The van der Waals surface area contributed by atoms with E-state index in [0.717, 1.165) is 5.69 Å². The van der Waals surface area contributed by atoms with Crippen molar-refractivity contribution in [2.75, 3.05) is 20.6 Å². The molecule has 6 heteroatoms. The number of amides is 2. The van der Waals surface area contributed by atoms with E-state index in [1.807, 2.05) is 5.38 Å². The van der Waals surface area contributed by atoms with E-state index >= 15 is 0 Å². The fourth-order valence-corrected chi connectivity index (χ4v) is 2.52. The molecule has 1 N–H and O–H groups in total. The van der Waals surface area contributed by atoms with Gasteiger partial charge in [-0.2, -0.15) is 0 Å². The Hall–Kier alpha value is -1.95. The summed E-state index contributed by atoms with van der Waals surface area (Å²) < 4.78 is 13.6. The highest BCUT2D eigenvalue weighted by molar-refractivity contribution is 7.13. The van der Waals surface area contributed by atoms with Crippen LogP contribution in [0, 0.1) is 5.82 Å². The van der Waals surface area contributed by atoms with Crippen molar-refractivity contribution in [3.63, 3.8) is 0 Å².